The van der Waals surface area contributed by atoms with Crippen LogP contribution in [0.1, 0.15) is 16.2 Å². The van der Waals surface area contributed by atoms with E-state index in [4.69, 9.17) is 27.5 Å². The van der Waals surface area contributed by atoms with Crippen LogP contribution in [0.3, 0.4) is 0 Å². The SMILES string of the molecule is N=C(OCCNC(=O)c1ccc(O)c(O)c1Cl)C1=C(C(=O)O)N2C(=O)C(NC(=O)/C(=N\OCF)c3nsc(N)n3)C2SC1. The van der Waals surface area contributed by atoms with Crippen molar-refractivity contribution < 1.29 is 48.5 Å². The van der Waals surface area contributed by atoms with Crippen LogP contribution in [0.2, 0.25) is 5.02 Å². The van der Waals surface area contributed by atoms with Gasteiger partial charge in [0.15, 0.2) is 16.6 Å². The van der Waals surface area contributed by atoms with E-state index in [2.05, 4.69) is 30.0 Å². The Kier molecular flexibility index (Phi) is 9.51. The Balaban J connectivity index is 1.39. The number of β-lactam (4-membered cyclic amide) rings is 1. The summed E-state index contributed by atoms with van der Waals surface area (Å²) in [4.78, 5) is 59.2. The van der Waals surface area contributed by atoms with E-state index in [1.165, 1.54) is 6.07 Å². The normalized spacial score (nSPS) is 18.0. The molecule has 1 aromatic heterocycles. The number of hydrogen-bond acceptors (Lipinski definition) is 15. The van der Waals surface area contributed by atoms with Gasteiger partial charge in [0.1, 0.15) is 23.7 Å². The number of alkyl halides is 1. The zero-order valence-corrected chi connectivity index (χ0v) is 23.8. The van der Waals surface area contributed by atoms with Crippen LogP contribution in [0.25, 0.3) is 0 Å². The summed E-state index contributed by atoms with van der Waals surface area (Å²) in [6.07, 6.45) is 0. The molecule has 2 aliphatic heterocycles. The number of ether oxygens (including phenoxy) is 1. The Hall–Kier alpha value is -4.69. The number of phenolic OH excluding ortho intramolecular Hbond substituents is 2. The van der Waals surface area contributed by atoms with Crippen LogP contribution in [-0.2, 0) is 24.0 Å². The fourth-order valence-electron chi connectivity index (χ4n) is 3.84. The molecular weight excluding hydrogens is 639 g/mol. The number of phenols is 2. The number of halogens is 2. The van der Waals surface area contributed by atoms with Crippen LogP contribution in [-0.4, -0.2) is 102 Å². The number of carboxylic acid groups (broad SMARTS) is 1. The number of nitrogens with one attached hydrogen (secondary N) is 3. The summed E-state index contributed by atoms with van der Waals surface area (Å²) >= 11 is 7.63. The maximum absolute atomic E-state index is 13.0. The van der Waals surface area contributed by atoms with Gasteiger partial charge in [-0.15, -0.1) is 11.8 Å². The highest BCUT2D eigenvalue weighted by atomic mass is 35.5. The third-order valence-corrected chi connectivity index (χ3v) is 7.98. The lowest BCUT2D eigenvalue weighted by atomic mass is 10.0. The topological polar surface area (TPSA) is 263 Å². The minimum absolute atomic E-state index is 0.0117. The van der Waals surface area contributed by atoms with Crippen LogP contribution in [0.4, 0.5) is 9.52 Å². The molecule has 43 heavy (non-hydrogen) atoms. The third kappa shape index (κ3) is 6.39. The van der Waals surface area contributed by atoms with Gasteiger partial charge in [-0.2, -0.15) is 9.36 Å². The lowest BCUT2D eigenvalue weighted by molar-refractivity contribution is -0.150. The van der Waals surface area contributed by atoms with Crippen molar-refractivity contribution in [3.8, 4) is 11.5 Å². The van der Waals surface area contributed by atoms with E-state index in [0.717, 1.165) is 34.3 Å². The highest BCUT2D eigenvalue weighted by Gasteiger charge is 2.55. The molecule has 0 radical (unpaired) electrons. The van der Waals surface area contributed by atoms with E-state index in [-0.39, 0.29) is 46.0 Å². The molecule has 3 amide bonds. The Bertz CT molecular complexity index is 1570. The molecule has 21 heteroatoms. The molecule has 3 heterocycles. The standard InChI is InChI=1S/C22H20ClFN8O9S2/c23-10-7(1-2-9(33)14(10)34)17(35)27-3-4-40-15(25)8-5-42-20-12(19(37)32(20)13(8)21(38)39)28-18(36)11(30-41-6-24)16-29-22(26)43-31-16/h1-2,12,20,25,33-34H,3-6H2,(H,27,35)(H,28,36)(H,38,39)(H2,26,29,31)/b25-15?,30-11-. The fourth-order valence-corrected chi connectivity index (χ4v) is 5.86. The number of carbonyl (C=O) groups excluding carboxylic acids is 3. The number of carboxylic acids is 1. The number of fused-ring (bicyclic) bond motifs is 1. The number of nitrogens with two attached hydrogens (primary N) is 1. The zero-order valence-electron chi connectivity index (χ0n) is 21.4. The predicted molar refractivity (Wildman–Crippen MR) is 148 cm³/mol. The summed E-state index contributed by atoms with van der Waals surface area (Å²) in [5.74, 6) is -6.16. The summed E-state index contributed by atoms with van der Waals surface area (Å²) in [5.41, 5.74) is 4.19. The molecular formula is C22H20ClFN8O9S2. The smallest absolute Gasteiger partial charge is 0.353 e. The van der Waals surface area contributed by atoms with Crippen molar-refractivity contribution in [1.82, 2.24) is 24.9 Å². The molecule has 1 aromatic carbocycles. The van der Waals surface area contributed by atoms with Crippen molar-refractivity contribution in [1.29, 1.82) is 5.41 Å². The maximum atomic E-state index is 13.0. The summed E-state index contributed by atoms with van der Waals surface area (Å²) < 4.78 is 21.6. The number of carbonyl (C=O) groups is 4. The van der Waals surface area contributed by atoms with Crippen LogP contribution in [0, 0.1) is 5.41 Å². The summed E-state index contributed by atoms with van der Waals surface area (Å²) in [7, 11) is 0. The Morgan fingerprint density at radius 2 is 2.07 bits per heavy atom. The Morgan fingerprint density at radius 3 is 2.72 bits per heavy atom. The zero-order chi connectivity index (χ0) is 31.4. The molecule has 228 valence electrons. The van der Waals surface area contributed by atoms with Gasteiger partial charge in [0.2, 0.25) is 17.4 Å². The van der Waals surface area contributed by atoms with Crippen molar-refractivity contribution in [2.75, 3.05) is 31.5 Å². The molecule has 0 saturated carbocycles. The Labute approximate surface area is 253 Å². The first-order chi connectivity index (χ1) is 20.5. The summed E-state index contributed by atoms with van der Waals surface area (Å²) in [5, 5.41) is 44.1. The van der Waals surface area contributed by atoms with Crippen LogP contribution >= 0.6 is 34.9 Å². The number of amides is 3. The highest BCUT2D eigenvalue weighted by Crippen LogP contribution is 2.41. The highest BCUT2D eigenvalue weighted by molar-refractivity contribution is 8.00. The van der Waals surface area contributed by atoms with E-state index in [1.807, 2.05) is 0 Å². The monoisotopic (exact) mass is 658 g/mol. The molecule has 0 aliphatic carbocycles. The minimum Gasteiger partial charge on any atom is -0.504 e. The van der Waals surface area contributed by atoms with Crippen molar-refractivity contribution >= 4 is 75.3 Å². The third-order valence-electron chi connectivity index (χ3n) is 5.78. The van der Waals surface area contributed by atoms with E-state index in [1.54, 1.807) is 0 Å². The van der Waals surface area contributed by atoms with Crippen molar-refractivity contribution in [2.24, 2.45) is 5.16 Å². The quantitative estimate of drug-likeness (QED) is 0.0419. The molecule has 4 rings (SSSR count). The lowest BCUT2D eigenvalue weighted by Gasteiger charge is -2.49. The van der Waals surface area contributed by atoms with Gasteiger partial charge in [-0.3, -0.25) is 24.7 Å². The van der Waals surface area contributed by atoms with Gasteiger partial charge in [0.05, 0.1) is 22.7 Å². The lowest BCUT2D eigenvalue weighted by Crippen LogP contribution is -2.71. The summed E-state index contributed by atoms with van der Waals surface area (Å²) in [6.45, 7) is -1.79. The molecule has 0 bridgehead atoms. The largest absolute Gasteiger partial charge is 0.504 e. The fraction of sp³-hybridized carbons (Fsp3) is 0.273. The number of rotatable bonds is 11. The van der Waals surface area contributed by atoms with Crippen LogP contribution in [0.15, 0.2) is 28.6 Å². The molecule has 2 aromatic rings. The molecule has 1 saturated heterocycles. The molecule has 2 aliphatic rings. The number of nitrogens with zero attached hydrogens (tertiary/aromatic N) is 4. The number of aliphatic carboxylic acids is 1. The first-order valence-corrected chi connectivity index (χ1v) is 13.9. The number of aromatic hydroxyl groups is 2. The number of aromatic nitrogens is 2. The van der Waals surface area contributed by atoms with E-state index >= 15 is 0 Å². The van der Waals surface area contributed by atoms with Gasteiger partial charge < -0.3 is 41.3 Å². The van der Waals surface area contributed by atoms with Gasteiger partial charge >= 0.3 is 5.97 Å². The Morgan fingerprint density at radius 1 is 1.33 bits per heavy atom. The van der Waals surface area contributed by atoms with Crippen LogP contribution < -0.4 is 16.4 Å². The van der Waals surface area contributed by atoms with Crippen LogP contribution in [0.5, 0.6) is 11.5 Å². The number of hydrogen-bond donors (Lipinski definition) is 7. The van der Waals surface area contributed by atoms with E-state index in [9.17, 15) is 38.9 Å². The average Bonchev–Trinajstić information content (AvgIpc) is 3.41. The molecule has 17 nitrogen and oxygen atoms in total. The molecule has 8 N–H and O–H groups in total. The second-order valence-corrected chi connectivity index (χ2v) is 10.6. The van der Waals surface area contributed by atoms with Gasteiger partial charge in [-0.1, -0.05) is 16.8 Å². The van der Waals surface area contributed by atoms with Gasteiger partial charge in [0.25, 0.3) is 24.6 Å². The molecule has 2 atom stereocenters. The van der Waals surface area contributed by atoms with E-state index < -0.39 is 70.8 Å². The van der Waals surface area contributed by atoms with Crippen molar-refractivity contribution in [3.05, 3.63) is 39.8 Å². The number of thioether (sulfide) groups is 1. The number of oxime groups is 1. The summed E-state index contributed by atoms with van der Waals surface area (Å²) in [6, 6.07) is 1.05. The van der Waals surface area contributed by atoms with E-state index in [0.29, 0.717) is 0 Å². The number of benzene rings is 1. The second-order valence-electron chi connectivity index (χ2n) is 8.36. The number of nitrogen functional groups attached to an aromatic ring is 1. The minimum atomic E-state index is -1.53. The first-order valence-electron chi connectivity index (χ1n) is 11.7. The average molecular weight is 659 g/mol. The molecule has 1 fully saturated rings. The number of anilines is 1. The van der Waals surface area contributed by atoms with Gasteiger partial charge in [-0.05, 0) is 12.1 Å². The predicted octanol–water partition coefficient (Wildman–Crippen LogP) is -0.00493. The van der Waals surface area contributed by atoms with Gasteiger partial charge in [-0.25, -0.2) is 9.18 Å². The molecule has 2 unspecified atom stereocenters. The molecule has 0 spiro atoms. The maximum Gasteiger partial charge on any atom is 0.353 e. The van der Waals surface area contributed by atoms with Crippen molar-refractivity contribution in [3.63, 3.8) is 0 Å². The second kappa shape index (κ2) is 13.1. The van der Waals surface area contributed by atoms with Gasteiger partial charge in [0, 0.05) is 17.3 Å². The first kappa shape index (κ1) is 31.3. The van der Waals surface area contributed by atoms with Crippen molar-refractivity contribution in [2.45, 2.75) is 11.4 Å².